The van der Waals surface area contributed by atoms with Gasteiger partial charge in [-0.15, -0.1) is 11.3 Å². The van der Waals surface area contributed by atoms with Gasteiger partial charge < -0.3 is 4.98 Å². The van der Waals surface area contributed by atoms with Crippen LogP contribution in [0, 0.1) is 0 Å². The number of rotatable bonds is 4. The van der Waals surface area contributed by atoms with Gasteiger partial charge in [0.05, 0.1) is 24.0 Å². The number of aromatic nitrogens is 3. The Morgan fingerprint density at radius 1 is 1.25 bits per heavy atom. The van der Waals surface area contributed by atoms with Gasteiger partial charge in [-0.3, -0.25) is 15.1 Å². The summed E-state index contributed by atoms with van der Waals surface area (Å²) in [6, 6.07) is 9.50. The van der Waals surface area contributed by atoms with Crippen LogP contribution < -0.4 is 5.32 Å². The average molecular weight is 284 g/mol. The Balaban J connectivity index is 1.67. The van der Waals surface area contributed by atoms with Gasteiger partial charge in [-0.1, -0.05) is 12.1 Å². The number of anilines is 1. The molecule has 0 radical (unpaired) electrons. The fourth-order valence-corrected chi connectivity index (χ4v) is 2.49. The lowest BCUT2D eigenvalue weighted by molar-refractivity contribution is -0.115. The van der Waals surface area contributed by atoms with Crippen LogP contribution in [0.1, 0.15) is 4.88 Å². The molecule has 0 saturated carbocycles. The van der Waals surface area contributed by atoms with Gasteiger partial charge in [0.15, 0.2) is 0 Å². The normalized spacial score (nSPS) is 10.4. The van der Waals surface area contributed by atoms with Crippen molar-refractivity contribution in [1.29, 1.82) is 0 Å². The van der Waals surface area contributed by atoms with Crippen LogP contribution >= 0.6 is 11.3 Å². The van der Waals surface area contributed by atoms with Crippen molar-refractivity contribution in [3.63, 3.8) is 0 Å². The van der Waals surface area contributed by atoms with Crippen molar-refractivity contribution in [2.75, 3.05) is 5.32 Å². The van der Waals surface area contributed by atoms with E-state index in [1.165, 1.54) is 0 Å². The number of imidazole rings is 1. The summed E-state index contributed by atoms with van der Waals surface area (Å²) < 4.78 is 0. The highest BCUT2D eigenvalue weighted by Gasteiger charge is 2.08. The number of H-pyrrole nitrogens is 1. The summed E-state index contributed by atoms with van der Waals surface area (Å²) in [5.41, 5.74) is 1.57. The zero-order chi connectivity index (χ0) is 13.8. The molecule has 0 fully saturated rings. The summed E-state index contributed by atoms with van der Waals surface area (Å²) in [7, 11) is 0. The lowest BCUT2D eigenvalue weighted by Gasteiger charge is -2.00. The quantitative estimate of drug-likeness (QED) is 0.774. The first kappa shape index (κ1) is 12.6. The summed E-state index contributed by atoms with van der Waals surface area (Å²) in [5, 5.41) is 4.70. The molecular formula is C14H12N4OS. The monoisotopic (exact) mass is 284 g/mol. The van der Waals surface area contributed by atoms with Crippen LogP contribution in [0.3, 0.4) is 0 Å². The SMILES string of the molecule is O=C(Cc1cccs1)Nc1ncc(-c2ccccn2)[nH]1. The van der Waals surface area contributed by atoms with Crippen molar-refractivity contribution in [1.82, 2.24) is 15.0 Å². The van der Waals surface area contributed by atoms with Crippen molar-refractivity contribution >= 4 is 23.2 Å². The number of aromatic amines is 1. The van der Waals surface area contributed by atoms with Gasteiger partial charge in [0.1, 0.15) is 0 Å². The number of hydrogen-bond donors (Lipinski definition) is 2. The molecule has 3 heterocycles. The highest BCUT2D eigenvalue weighted by Crippen LogP contribution is 2.16. The molecule has 6 heteroatoms. The Bertz CT molecular complexity index is 691. The Hall–Kier alpha value is -2.47. The number of nitrogens with one attached hydrogen (secondary N) is 2. The van der Waals surface area contributed by atoms with Gasteiger partial charge in [0.2, 0.25) is 11.9 Å². The highest BCUT2D eigenvalue weighted by molar-refractivity contribution is 7.10. The van der Waals surface area contributed by atoms with Crippen molar-refractivity contribution in [3.05, 3.63) is 53.0 Å². The van der Waals surface area contributed by atoms with E-state index in [4.69, 9.17) is 0 Å². The number of nitrogens with zero attached hydrogens (tertiary/aromatic N) is 2. The minimum absolute atomic E-state index is 0.0885. The lowest BCUT2D eigenvalue weighted by Crippen LogP contribution is -2.14. The maximum atomic E-state index is 11.8. The van der Waals surface area contributed by atoms with E-state index in [1.54, 1.807) is 23.7 Å². The molecule has 0 saturated heterocycles. The molecule has 0 atom stereocenters. The largest absolute Gasteiger partial charge is 0.323 e. The topological polar surface area (TPSA) is 70.7 Å². The van der Waals surface area contributed by atoms with Gasteiger partial charge in [-0.2, -0.15) is 0 Å². The first-order valence-corrected chi connectivity index (χ1v) is 6.98. The molecule has 20 heavy (non-hydrogen) atoms. The summed E-state index contributed by atoms with van der Waals surface area (Å²) >= 11 is 1.56. The third kappa shape index (κ3) is 2.92. The second-order valence-corrected chi connectivity index (χ2v) is 5.20. The van der Waals surface area contributed by atoms with Crippen LogP contribution in [0.15, 0.2) is 48.1 Å². The fraction of sp³-hybridized carbons (Fsp3) is 0.0714. The summed E-state index contributed by atoms with van der Waals surface area (Å²) in [6.45, 7) is 0. The van der Waals surface area contributed by atoms with E-state index in [2.05, 4.69) is 20.3 Å². The molecule has 0 bridgehead atoms. The maximum Gasteiger partial charge on any atom is 0.231 e. The maximum absolute atomic E-state index is 11.8. The van der Waals surface area contributed by atoms with Gasteiger partial charge in [0, 0.05) is 11.1 Å². The van der Waals surface area contributed by atoms with E-state index in [1.807, 2.05) is 35.7 Å². The molecule has 0 aromatic carbocycles. The number of carbonyl (C=O) groups excluding carboxylic acids is 1. The van der Waals surface area contributed by atoms with Crippen molar-refractivity contribution < 1.29 is 4.79 Å². The average Bonchev–Trinajstić information content (AvgIpc) is 3.11. The van der Waals surface area contributed by atoms with Crippen LogP contribution in [0.2, 0.25) is 0 Å². The standard InChI is InChI=1S/C14H12N4OS/c19-13(8-10-4-3-7-20-10)18-14-16-9-12(17-14)11-5-1-2-6-15-11/h1-7,9H,8H2,(H2,16,17,18,19). The smallest absolute Gasteiger partial charge is 0.231 e. The summed E-state index contributed by atoms with van der Waals surface area (Å²) in [6.07, 6.45) is 3.73. The first-order chi connectivity index (χ1) is 9.81. The third-order valence-electron chi connectivity index (χ3n) is 2.69. The van der Waals surface area contributed by atoms with Crippen LogP contribution in [0.25, 0.3) is 11.4 Å². The van der Waals surface area contributed by atoms with Crippen molar-refractivity contribution in [3.8, 4) is 11.4 Å². The van der Waals surface area contributed by atoms with Crippen LogP contribution in [0.5, 0.6) is 0 Å². The molecule has 1 amide bonds. The zero-order valence-corrected chi connectivity index (χ0v) is 11.4. The molecule has 3 aromatic heterocycles. The second-order valence-electron chi connectivity index (χ2n) is 4.16. The molecule has 0 aliphatic carbocycles. The highest BCUT2D eigenvalue weighted by atomic mass is 32.1. The molecule has 0 aliphatic heterocycles. The zero-order valence-electron chi connectivity index (χ0n) is 10.5. The van der Waals surface area contributed by atoms with Gasteiger partial charge in [-0.25, -0.2) is 4.98 Å². The van der Waals surface area contributed by atoms with E-state index in [0.717, 1.165) is 16.3 Å². The Kier molecular flexibility index (Phi) is 3.56. The molecule has 0 spiro atoms. The number of carbonyl (C=O) groups is 1. The van der Waals surface area contributed by atoms with E-state index in [-0.39, 0.29) is 5.91 Å². The van der Waals surface area contributed by atoms with E-state index in [9.17, 15) is 4.79 Å². The number of amides is 1. The number of pyridine rings is 1. The molecule has 3 aromatic rings. The predicted molar refractivity (Wildman–Crippen MR) is 78.5 cm³/mol. The van der Waals surface area contributed by atoms with Gasteiger partial charge >= 0.3 is 0 Å². The number of thiophene rings is 1. The molecule has 100 valence electrons. The van der Waals surface area contributed by atoms with E-state index < -0.39 is 0 Å². The molecular weight excluding hydrogens is 272 g/mol. The van der Waals surface area contributed by atoms with Crippen LogP contribution in [-0.2, 0) is 11.2 Å². The Morgan fingerprint density at radius 3 is 2.95 bits per heavy atom. The summed E-state index contributed by atoms with van der Waals surface area (Å²) in [5.74, 6) is 0.349. The minimum Gasteiger partial charge on any atom is -0.323 e. The first-order valence-electron chi connectivity index (χ1n) is 6.10. The Labute approximate surface area is 119 Å². The predicted octanol–water partition coefficient (Wildman–Crippen LogP) is 2.71. The molecule has 2 N–H and O–H groups in total. The fourth-order valence-electron chi connectivity index (χ4n) is 1.78. The second kappa shape index (κ2) is 5.66. The third-order valence-corrected chi connectivity index (χ3v) is 3.57. The van der Waals surface area contributed by atoms with Crippen LogP contribution in [0.4, 0.5) is 5.95 Å². The van der Waals surface area contributed by atoms with E-state index in [0.29, 0.717) is 12.4 Å². The molecule has 0 aliphatic rings. The number of hydrogen-bond acceptors (Lipinski definition) is 4. The summed E-state index contributed by atoms with van der Waals surface area (Å²) in [4.78, 5) is 24.3. The Morgan fingerprint density at radius 2 is 2.20 bits per heavy atom. The van der Waals surface area contributed by atoms with Crippen LogP contribution in [-0.4, -0.2) is 20.9 Å². The van der Waals surface area contributed by atoms with Gasteiger partial charge in [0.25, 0.3) is 0 Å². The lowest BCUT2D eigenvalue weighted by atomic mass is 10.3. The van der Waals surface area contributed by atoms with Gasteiger partial charge in [-0.05, 0) is 23.6 Å². The molecule has 0 unspecified atom stereocenters. The van der Waals surface area contributed by atoms with E-state index >= 15 is 0 Å². The van der Waals surface area contributed by atoms with Crippen molar-refractivity contribution in [2.45, 2.75) is 6.42 Å². The minimum atomic E-state index is -0.0885. The molecule has 3 rings (SSSR count). The van der Waals surface area contributed by atoms with Crippen molar-refractivity contribution in [2.24, 2.45) is 0 Å². The molecule has 5 nitrogen and oxygen atoms in total.